The van der Waals surface area contributed by atoms with E-state index in [9.17, 15) is 9.90 Å². The number of nitrogens with zero attached hydrogens (tertiary/aromatic N) is 1. The Morgan fingerprint density at radius 2 is 1.94 bits per heavy atom. The zero-order valence-electron chi connectivity index (χ0n) is 9.72. The lowest BCUT2D eigenvalue weighted by atomic mass is 10.0. The van der Waals surface area contributed by atoms with Gasteiger partial charge in [0, 0.05) is 26.1 Å². The third-order valence-electron chi connectivity index (χ3n) is 4.59. The summed E-state index contributed by atoms with van der Waals surface area (Å²) in [6.07, 6.45) is 3.12. The average molecular weight is 224 g/mol. The molecule has 3 fully saturated rings. The molecule has 0 aromatic heterocycles. The van der Waals surface area contributed by atoms with E-state index in [1.54, 1.807) is 4.90 Å². The van der Waals surface area contributed by atoms with Crippen LogP contribution in [-0.2, 0) is 4.79 Å². The normalized spacial score (nSPS) is 45.5. The lowest BCUT2D eigenvalue weighted by Gasteiger charge is -2.29. The number of likely N-dealkylation sites (N-methyl/N-ethyl adjacent to an activating group) is 1. The Morgan fingerprint density at radius 1 is 1.25 bits per heavy atom. The van der Waals surface area contributed by atoms with Gasteiger partial charge in [0.1, 0.15) is 0 Å². The minimum Gasteiger partial charge on any atom is -0.390 e. The van der Waals surface area contributed by atoms with Crippen molar-refractivity contribution in [2.45, 2.75) is 31.4 Å². The number of hydrogen-bond donors (Lipinski definition) is 2. The van der Waals surface area contributed by atoms with Gasteiger partial charge in [-0.1, -0.05) is 0 Å². The number of β-amino-alcohol motifs (C(OH)–C–C–N with tert-alkyl or cyclic N) is 1. The Bertz CT molecular complexity index is 297. The number of rotatable bonds is 2. The lowest BCUT2D eigenvalue weighted by molar-refractivity contribution is -0.137. The molecule has 0 aromatic carbocycles. The maximum absolute atomic E-state index is 12.2. The van der Waals surface area contributed by atoms with Crippen LogP contribution in [0.5, 0.6) is 0 Å². The number of hydrogen-bond acceptors (Lipinski definition) is 3. The van der Waals surface area contributed by atoms with E-state index in [4.69, 9.17) is 0 Å². The van der Waals surface area contributed by atoms with Crippen LogP contribution in [0, 0.1) is 17.8 Å². The third kappa shape index (κ3) is 1.64. The highest BCUT2D eigenvalue weighted by Gasteiger charge is 2.49. The predicted molar refractivity (Wildman–Crippen MR) is 59.8 cm³/mol. The number of carbonyl (C=O) groups is 1. The first-order chi connectivity index (χ1) is 7.66. The van der Waals surface area contributed by atoms with Gasteiger partial charge in [-0.05, 0) is 31.1 Å². The van der Waals surface area contributed by atoms with E-state index >= 15 is 0 Å². The van der Waals surface area contributed by atoms with Gasteiger partial charge in [0.15, 0.2) is 0 Å². The molecule has 1 amide bonds. The molecule has 0 aromatic rings. The fraction of sp³-hybridized carbons (Fsp3) is 0.917. The monoisotopic (exact) mass is 224 g/mol. The fourth-order valence-electron chi connectivity index (χ4n) is 3.41. The summed E-state index contributed by atoms with van der Waals surface area (Å²) in [5, 5.41) is 12.9. The van der Waals surface area contributed by atoms with Gasteiger partial charge in [-0.2, -0.15) is 0 Å². The summed E-state index contributed by atoms with van der Waals surface area (Å²) >= 11 is 0. The molecule has 2 saturated carbocycles. The van der Waals surface area contributed by atoms with Gasteiger partial charge in [0.25, 0.3) is 0 Å². The minimum absolute atomic E-state index is 0.0237. The first kappa shape index (κ1) is 10.5. The summed E-state index contributed by atoms with van der Waals surface area (Å²) in [4.78, 5) is 14.0. The van der Waals surface area contributed by atoms with Crippen LogP contribution in [-0.4, -0.2) is 48.2 Å². The number of fused-ring (bicyclic) bond motifs is 1. The molecule has 4 heteroatoms. The highest BCUT2D eigenvalue weighted by Crippen LogP contribution is 2.54. The first-order valence-electron chi connectivity index (χ1n) is 6.32. The van der Waals surface area contributed by atoms with Crippen LogP contribution >= 0.6 is 0 Å². The summed E-state index contributed by atoms with van der Waals surface area (Å²) in [7, 11) is 1.84. The van der Waals surface area contributed by atoms with Gasteiger partial charge in [-0.15, -0.1) is 0 Å². The summed E-state index contributed by atoms with van der Waals surface area (Å²) in [6.45, 7) is 1.33. The minimum atomic E-state index is -0.398. The van der Waals surface area contributed by atoms with Crippen LogP contribution in [0.3, 0.4) is 0 Å². The molecular formula is C12H20N2O2. The van der Waals surface area contributed by atoms with Gasteiger partial charge in [0.2, 0.25) is 5.91 Å². The second kappa shape index (κ2) is 3.70. The van der Waals surface area contributed by atoms with Crippen molar-refractivity contribution in [1.82, 2.24) is 10.2 Å². The van der Waals surface area contributed by atoms with Crippen LogP contribution in [0.1, 0.15) is 19.3 Å². The number of amides is 1. The lowest BCUT2D eigenvalue weighted by Crippen LogP contribution is -2.46. The van der Waals surface area contributed by atoms with Crippen molar-refractivity contribution < 1.29 is 9.90 Å². The van der Waals surface area contributed by atoms with Gasteiger partial charge in [-0.3, -0.25) is 4.79 Å². The Balaban J connectivity index is 1.61. The average Bonchev–Trinajstić information content (AvgIpc) is 2.72. The standard InChI is InChI=1S/C12H20N2O2/c1-14(10-5-13-6-11(10)15)12(16)9-3-7-2-8(7)4-9/h7-11,13,15H,2-6H2,1H3/t7?,8?,9?,10-,11-/m1/s1. The maximum atomic E-state index is 12.2. The van der Waals surface area contributed by atoms with Crippen molar-refractivity contribution >= 4 is 5.91 Å². The third-order valence-corrected chi connectivity index (χ3v) is 4.59. The fourth-order valence-corrected chi connectivity index (χ4v) is 3.41. The molecule has 0 bridgehead atoms. The summed E-state index contributed by atoms with van der Waals surface area (Å²) in [5.41, 5.74) is 0. The SMILES string of the molecule is CN(C(=O)C1CC2CC2C1)[C@@H]1CNC[C@H]1O. The maximum Gasteiger partial charge on any atom is 0.225 e. The largest absolute Gasteiger partial charge is 0.390 e. The second-order valence-corrected chi connectivity index (χ2v) is 5.67. The van der Waals surface area contributed by atoms with Crippen molar-refractivity contribution in [3.8, 4) is 0 Å². The molecule has 4 atom stereocenters. The van der Waals surface area contributed by atoms with Crippen molar-refractivity contribution in [1.29, 1.82) is 0 Å². The van der Waals surface area contributed by atoms with Crippen LogP contribution in [0.15, 0.2) is 0 Å². The van der Waals surface area contributed by atoms with Gasteiger partial charge < -0.3 is 15.3 Å². The van der Waals surface area contributed by atoms with Crippen molar-refractivity contribution in [3.63, 3.8) is 0 Å². The molecule has 1 aliphatic heterocycles. The molecule has 0 radical (unpaired) electrons. The molecule has 3 aliphatic rings. The smallest absolute Gasteiger partial charge is 0.225 e. The molecule has 16 heavy (non-hydrogen) atoms. The van der Waals surface area contributed by atoms with E-state index in [1.807, 2.05) is 7.05 Å². The molecule has 4 nitrogen and oxygen atoms in total. The van der Waals surface area contributed by atoms with E-state index in [1.165, 1.54) is 6.42 Å². The number of nitrogens with one attached hydrogen (secondary N) is 1. The number of aliphatic hydroxyl groups excluding tert-OH is 1. The van der Waals surface area contributed by atoms with Crippen molar-refractivity contribution in [2.24, 2.45) is 17.8 Å². The Morgan fingerprint density at radius 3 is 2.50 bits per heavy atom. The van der Waals surface area contributed by atoms with E-state index in [0.29, 0.717) is 6.54 Å². The number of carbonyl (C=O) groups excluding carboxylic acids is 1. The molecule has 2 aliphatic carbocycles. The van der Waals surface area contributed by atoms with E-state index in [-0.39, 0.29) is 17.9 Å². The topological polar surface area (TPSA) is 52.6 Å². The van der Waals surface area contributed by atoms with Gasteiger partial charge in [0.05, 0.1) is 12.1 Å². The van der Waals surface area contributed by atoms with Gasteiger partial charge in [-0.25, -0.2) is 0 Å². The molecular weight excluding hydrogens is 204 g/mol. The van der Waals surface area contributed by atoms with Crippen molar-refractivity contribution in [3.05, 3.63) is 0 Å². The highest BCUT2D eigenvalue weighted by atomic mass is 16.3. The molecule has 3 rings (SSSR count). The molecule has 2 unspecified atom stereocenters. The predicted octanol–water partition coefficient (Wildman–Crippen LogP) is -0.176. The molecule has 90 valence electrons. The molecule has 1 saturated heterocycles. The van der Waals surface area contributed by atoms with Crippen LogP contribution in [0.2, 0.25) is 0 Å². The van der Waals surface area contributed by atoms with Crippen LogP contribution in [0.4, 0.5) is 0 Å². The number of aliphatic hydroxyl groups is 1. The van der Waals surface area contributed by atoms with E-state index < -0.39 is 6.10 Å². The quantitative estimate of drug-likeness (QED) is 0.684. The summed E-state index contributed by atoms with van der Waals surface area (Å²) in [5.74, 6) is 2.17. The first-order valence-corrected chi connectivity index (χ1v) is 6.32. The zero-order chi connectivity index (χ0) is 11.3. The summed E-state index contributed by atoms with van der Waals surface area (Å²) in [6, 6.07) is -0.0237. The van der Waals surface area contributed by atoms with Crippen molar-refractivity contribution in [2.75, 3.05) is 20.1 Å². The molecule has 2 N–H and O–H groups in total. The van der Waals surface area contributed by atoms with E-state index in [2.05, 4.69) is 5.32 Å². The summed E-state index contributed by atoms with van der Waals surface area (Å²) < 4.78 is 0. The molecule has 1 heterocycles. The van der Waals surface area contributed by atoms with E-state index in [0.717, 1.165) is 31.2 Å². The second-order valence-electron chi connectivity index (χ2n) is 5.67. The van der Waals surface area contributed by atoms with Crippen LogP contribution < -0.4 is 5.32 Å². The highest BCUT2D eigenvalue weighted by molar-refractivity contribution is 5.79. The Hall–Kier alpha value is -0.610. The Labute approximate surface area is 96.0 Å². The zero-order valence-corrected chi connectivity index (χ0v) is 9.72. The van der Waals surface area contributed by atoms with Crippen LogP contribution in [0.25, 0.3) is 0 Å². The van der Waals surface area contributed by atoms with Gasteiger partial charge >= 0.3 is 0 Å². The molecule has 0 spiro atoms. The Kier molecular flexibility index (Phi) is 2.44.